The van der Waals surface area contributed by atoms with E-state index in [4.69, 9.17) is 16.2 Å². The standard InChI is InChI=1S/C9H16N6O3/c1-5(2)18-9-14-6(10)13-8(15-9)12-3-4-17-7(11)16/h5H,3-4H2,1-2H3,(H2,11,16)(H3,10,12,13,14,15). The summed E-state index contributed by atoms with van der Waals surface area (Å²) in [5.41, 5.74) is 10.3. The van der Waals surface area contributed by atoms with Crippen LogP contribution in [0.2, 0.25) is 0 Å². The molecule has 0 radical (unpaired) electrons. The molecule has 0 spiro atoms. The number of amides is 1. The van der Waals surface area contributed by atoms with Crippen molar-refractivity contribution in [3.63, 3.8) is 0 Å². The molecule has 0 atom stereocenters. The maximum Gasteiger partial charge on any atom is 0.404 e. The van der Waals surface area contributed by atoms with E-state index in [0.29, 0.717) is 6.54 Å². The molecule has 0 bridgehead atoms. The first-order valence-corrected chi connectivity index (χ1v) is 5.31. The predicted octanol–water partition coefficient (Wildman–Crippen LogP) is -0.252. The first-order chi connectivity index (χ1) is 8.47. The van der Waals surface area contributed by atoms with Gasteiger partial charge in [0.25, 0.3) is 0 Å². The number of hydrogen-bond donors (Lipinski definition) is 3. The molecule has 0 fully saturated rings. The molecule has 1 aromatic heterocycles. The highest BCUT2D eigenvalue weighted by atomic mass is 16.5. The highest BCUT2D eigenvalue weighted by Crippen LogP contribution is 2.09. The van der Waals surface area contributed by atoms with Gasteiger partial charge in [0.15, 0.2) is 0 Å². The first kappa shape index (κ1) is 13.7. The van der Waals surface area contributed by atoms with E-state index in [1.807, 2.05) is 13.8 Å². The Bertz CT molecular complexity index is 411. The number of primary amides is 1. The molecule has 1 rings (SSSR count). The Labute approximate surface area is 104 Å². The van der Waals surface area contributed by atoms with Gasteiger partial charge >= 0.3 is 12.1 Å². The fourth-order valence-electron chi connectivity index (χ4n) is 1.03. The summed E-state index contributed by atoms with van der Waals surface area (Å²) >= 11 is 0. The second-order valence-electron chi connectivity index (χ2n) is 3.56. The van der Waals surface area contributed by atoms with Crippen LogP contribution in [0.4, 0.5) is 16.7 Å². The monoisotopic (exact) mass is 256 g/mol. The molecule has 0 saturated carbocycles. The number of aromatic nitrogens is 3. The average Bonchev–Trinajstić information content (AvgIpc) is 2.22. The molecule has 1 heterocycles. The van der Waals surface area contributed by atoms with E-state index in [2.05, 4.69) is 25.0 Å². The van der Waals surface area contributed by atoms with E-state index in [-0.39, 0.29) is 30.6 Å². The Hall–Kier alpha value is -2.32. The molecular formula is C9H16N6O3. The van der Waals surface area contributed by atoms with Crippen molar-refractivity contribution in [2.45, 2.75) is 20.0 Å². The highest BCUT2D eigenvalue weighted by Gasteiger charge is 2.06. The topological polar surface area (TPSA) is 138 Å². The van der Waals surface area contributed by atoms with Crippen LogP contribution in [-0.4, -0.2) is 40.3 Å². The largest absolute Gasteiger partial charge is 0.461 e. The number of nitrogens with two attached hydrogens (primary N) is 2. The molecule has 0 aliphatic rings. The summed E-state index contributed by atoms with van der Waals surface area (Å²) in [6.45, 7) is 4.08. The third-order valence-electron chi connectivity index (χ3n) is 1.60. The van der Waals surface area contributed by atoms with Crippen LogP contribution in [0.15, 0.2) is 0 Å². The number of carbonyl (C=O) groups is 1. The van der Waals surface area contributed by atoms with E-state index in [1.54, 1.807) is 0 Å². The summed E-state index contributed by atoms with van der Waals surface area (Å²) in [5, 5.41) is 2.80. The van der Waals surface area contributed by atoms with Crippen LogP contribution >= 0.6 is 0 Å². The molecule has 9 heteroatoms. The van der Waals surface area contributed by atoms with Crippen molar-refractivity contribution in [2.24, 2.45) is 5.73 Å². The maximum absolute atomic E-state index is 10.3. The van der Waals surface area contributed by atoms with Gasteiger partial charge in [-0.1, -0.05) is 0 Å². The summed E-state index contributed by atoms with van der Waals surface area (Å²) < 4.78 is 9.82. The third-order valence-corrected chi connectivity index (χ3v) is 1.60. The minimum Gasteiger partial charge on any atom is -0.461 e. The van der Waals surface area contributed by atoms with Gasteiger partial charge in [-0.05, 0) is 13.8 Å². The molecule has 0 aromatic carbocycles. The van der Waals surface area contributed by atoms with E-state index < -0.39 is 6.09 Å². The SMILES string of the molecule is CC(C)Oc1nc(N)nc(NCCOC(N)=O)n1. The number of nitrogens with one attached hydrogen (secondary N) is 1. The normalized spacial score (nSPS) is 10.2. The minimum atomic E-state index is -0.837. The molecule has 0 aliphatic carbocycles. The molecular weight excluding hydrogens is 240 g/mol. The van der Waals surface area contributed by atoms with Gasteiger partial charge in [0.1, 0.15) is 6.61 Å². The maximum atomic E-state index is 10.3. The van der Waals surface area contributed by atoms with Crippen molar-refractivity contribution in [3.05, 3.63) is 0 Å². The van der Waals surface area contributed by atoms with Gasteiger partial charge in [-0.15, -0.1) is 0 Å². The molecule has 100 valence electrons. The third kappa shape index (κ3) is 5.14. The van der Waals surface area contributed by atoms with Crippen molar-refractivity contribution >= 4 is 18.0 Å². The molecule has 0 unspecified atom stereocenters. The number of ether oxygens (including phenoxy) is 2. The van der Waals surface area contributed by atoms with Crippen LogP contribution in [0.3, 0.4) is 0 Å². The fourth-order valence-corrected chi connectivity index (χ4v) is 1.03. The zero-order chi connectivity index (χ0) is 13.5. The van der Waals surface area contributed by atoms with Crippen molar-refractivity contribution in [2.75, 3.05) is 24.2 Å². The molecule has 9 nitrogen and oxygen atoms in total. The molecule has 1 aromatic rings. The summed E-state index contributed by atoms with van der Waals surface area (Å²) in [5.74, 6) is 0.283. The Morgan fingerprint density at radius 1 is 1.39 bits per heavy atom. The lowest BCUT2D eigenvalue weighted by molar-refractivity contribution is 0.161. The minimum absolute atomic E-state index is 0.0407. The van der Waals surface area contributed by atoms with Crippen LogP contribution in [0.5, 0.6) is 6.01 Å². The van der Waals surface area contributed by atoms with Crippen LogP contribution in [0.1, 0.15) is 13.8 Å². The lowest BCUT2D eigenvalue weighted by Crippen LogP contribution is -2.19. The highest BCUT2D eigenvalue weighted by molar-refractivity contribution is 5.64. The average molecular weight is 256 g/mol. The molecule has 18 heavy (non-hydrogen) atoms. The van der Waals surface area contributed by atoms with Gasteiger partial charge < -0.3 is 26.3 Å². The predicted molar refractivity (Wildman–Crippen MR) is 64.0 cm³/mol. The zero-order valence-corrected chi connectivity index (χ0v) is 10.2. The summed E-state index contributed by atoms with van der Waals surface area (Å²) in [4.78, 5) is 22.0. The van der Waals surface area contributed by atoms with Crippen LogP contribution in [0, 0.1) is 0 Å². The zero-order valence-electron chi connectivity index (χ0n) is 10.2. The molecule has 0 saturated heterocycles. The van der Waals surface area contributed by atoms with E-state index in [1.165, 1.54) is 0 Å². The lowest BCUT2D eigenvalue weighted by Gasteiger charge is -2.09. The Morgan fingerprint density at radius 2 is 2.11 bits per heavy atom. The number of anilines is 2. The van der Waals surface area contributed by atoms with Gasteiger partial charge in [-0.2, -0.15) is 15.0 Å². The summed E-state index contributed by atoms with van der Waals surface area (Å²) in [6.07, 6.45) is -0.909. The van der Waals surface area contributed by atoms with Crippen LogP contribution in [0.25, 0.3) is 0 Å². The van der Waals surface area contributed by atoms with Gasteiger partial charge in [-0.3, -0.25) is 0 Å². The van der Waals surface area contributed by atoms with Gasteiger partial charge in [0.05, 0.1) is 12.6 Å². The number of hydrogen-bond acceptors (Lipinski definition) is 8. The van der Waals surface area contributed by atoms with E-state index in [0.717, 1.165) is 0 Å². The first-order valence-electron chi connectivity index (χ1n) is 5.31. The van der Waals surface area contributed by atoms with Gasteiger partial charge in [0.2, 0.25) is 11.9 Å². The Morgan fingerprint density at radius 3 is 2.72 bits per heavy atom. The van der Waals surface area contributed by atoms with E-state index >= 15 is 0 Å². The molecule has 1 amide bonds. The Kier molecular flexibility index (Phi) is 4.90. The van der Waals surface area contributed by atoms with Gasteiger partial charge in [0, 0.05) is 0 Å². The second kappa shape index (κ2) is 6.42. The van der Waals surface area contributed by atoms with Crippen molar-refractivity contribution in [1.29, 1.82) is 0 Å². The van der Waals surface area contributed by atoms with Gasteiger partial charge in [-0.25, -0.2) is 4.79 Å². The molecule has 5 N–H and O–H groups in total. The molecule has 0 aliphatic heterocycles. The van der Waals surface area contributed by atoms with Crippen molar-refractivity contribution in [3.8, 4) is 6.01 Å². The number of nitrogen functional groups attached to an aromatic ring is 1. The van der Waals surface area contributed by atoms with E-state index in [9.17, 15) is 4.79 Å². The van der Waals surface area contributed by atoms with Crippen molar-refractivity contribution < 1.29 is 14.3 Å². The quantitative estimate of drug-likeness (QED) is 0.592. The fraction of sp³-hybridized carbons (Fsp3) is 0.556. The second-order valence-corrected chi connectivity index (χ2v) is 3.56. The number of rotatable bonds is 6. The smallest absolute Gasteiger partial charge is 0.404 e. The summed E-state index contributed by atoms with van der Waals surface area (Å²) in [7, 11) is 0. The van der Waals surface area contributed by atoms with Crippen molar-refractivity contribution in [1.82, 2.24) is 15.0 Å². The number of carbonyl (C=O) groups excluding carboxylic acids is 1. The summed E-state index contributed by atoms with van der Waals surface area (Å²) in [6, 6.07) is 0.135. The lowest BCUT2D eigenvalue weighted by atomic mass is 10.5. The van der Waals surface area contributed by atoms with Crippen LogP contribution < -0.4 is 21.5 Å². The Balaban J connectivity index is 2.54. The number of nitrogens with zero attached hydrogens (tertiary/aromatic N) is 3. The van der Waals surface area contributed by atoms with Crippen LogP contribution in [-0.2, 0) is 4.74 Å².